The highest BCUT2D eigenvalue weighted by atomic mass is 16.3. The van der Waals surface area contributed by atoms with Crippen molar-refractivity contribution in [1.29, 1.82) is 0 Å². The van der Waals surface area contributed by atoms with E-state index in [1.807, 2.05) is 0 Å². The maximum absolute atomic E-state index is 9.96. The lowest BCUT2D eigenvalue weighted by Gasteiger charge is -2.32. The second-order valence-electron chi connectivity index (χ2n) is 6.34. The van der Waals surface area contributed by atoms with Gasteiger partial charge < -0.3 is 5.11 Å². The van der Waals surface area contributed by atoms with Gasteiger partial charge in [0.25, 0.3) is 0 Å². The molecule has 0 saturated heterocycles. The summed E-state index contributed by atoms with van der Waals surface area (Å²) in [7, 11) is 0. The van der Waals surface area contributed by atoms with Gasteiger partial charge in [-0.1, -0.05) is 48.5 Å². The average molecular weight is 200 g/mol. The molecule has 0 saturated carbocycles. The van der Waals surface area contributed by atoms with Crippen molar-refractivity contribution in [3.8, 4) is 0 Å². The molecular formula is C13H28O. The summed E-state index contributed by atoms with van der Waals surface area (Å²) in [6.45, 7) is 15.4. The lowest BCUT2D eigenvalue weighted by molar-refractivity contribution is 0.0380. The van der Waals surface area contributed by atoms with Crippen LogP contribution in [-0.4, -0.2) is 11.2 Å². The molecule has 0 aliphatic carbocycles. The predicted molar refractivity (Wildman–Crippen MR) is 63.2 cm³/mol. The van der Waals surface area contributed by atoms with E-state index in [1.165, 1.54) is 6.42 Å². The fraction of sp³-hybridized carbons (Fsp3) is 1.00. The fourth-order valence-electron chi connectivity index (χ4n) is 2.10. The Labute approximate surface area is 89.9 Å². The number of rotatable bonds is 4. The van der Waals surface area contributed by atoms with Gasteiger partial charge in [-0.3, -0.25) is 0 Å². The zero-order chi connectivity index (χ0) is 11.5. The van der Waals surface area contributed by atoms with E-state index in [0.717, 1.165) is 0 Å². The Kier molecular flexibility index (Phi) is 5.14. The van der Waals surface area contributed by atoms with Crippen molar-refractivity contribution < 1.29 is 5.11 Å². The zero-order valence-corrected chi connectivity index (χ0v) is 11.0. The van der Waals surface area contributed by atoms with Crippen LogP contribution >= 0.6 is 0 Å². The average Bonchev–Trinajstić information content (AvgIpc) is 1.98. The molecule has 0 aromatic heterocycles. The van der Waals surface area contributed by atoms with E-state index < -0.39 is 0 Å². The summed E-state index contributed by atoms with van der Waals surface area (Å²) in [6.07, 6.45) is 1.02. The topological polar surface area (TPSA) is 20.2 Å². The third-order valence-electron chi connectivity index (χ3n) is 3.05. The summed E-state index contributed by atoms with van der Waals surface area (Å²) in [4.78, 5) is 0. The third kappa shape index (κ3) is 4.99. The van der Waals surface area contributed by atoms with Gasteiger partial charge in [-0.15, -0.1) is 0 Å². The van der Waals surface area contributed by atoms with Crippen molar-refractivity contribution in [2.24, 2.45) is 23.2 Å². The highest BCUT2D eigenvalue weighted by Gasteiger charge is 2.26. The molecule has 0 radical (unpaired) electrons. The molecule has 0 rings (SSSR count). The Morgan fingerprint density at radius 1 is 1.00 bits per heavy atom. The van der Waals surface area contributed by atoms with Gasteiger partial charge in [0.1, 0.15) is 0 Å². The highest BCUT2D eigenvalue weighted by Crippen LogP contribution is 2.31. The highest BCUT2D eigenvalue weighted by molar-refractivity contribution is 4.76. The van der Waals surface area contributed by atoms with Gasteiger partial charge in [0.15, 0.2) is 0 Å². The minimum Gasteiger partial charge on any atom is -0.393 e. The van der Waals surface area contributed by atoms with Crippen LogP contribution in [0.1, 0.15) is 54.9 Å². The van der Waals surface area contributed by atoms with Crippen LogP contribution in [0.2, 0.25) is 0 Å². The number of aliphatic hydroxyl groups is 1. The molecule has 86 valence electrons. The Hall–Kier alpha value is -0.0400. The summed E-state index contributed by atoms with van der Waals surface area (Å²) < 4.78 is 0. The molecule has 1 N–H and O–H groups in total. The van der Waals surface area contributed by atoms with Gasteiger partial charge in [0, 0.05) is 0 Å². The van der Waals surface area contributed by atoms with Gasteiger partial charge >= 0.3 is 0 Å². The van der Waals surface area contributed by atoms with Gasteiger partial charge in [-0.25, -0.2) is 0 Å². The molecule has 0 heterocycles. The Balaban J connectivity index is 4.18. The second kappa shape index (κ2) is 5.16. The molecule has 3 atom stereocenters. The molecule has 0 aliphatic heterocycles. The van der Waals surface area contributed by atoms with Crippen LogP contribution in [-0.2, 0) is 0 Å². The van der Waals surface area contributed by atoms with Crippen molar-refractivity contribution in [2.75, 3.05) is 0 Å². The molecule has 0 aromatic carbocycles. The molecule has 0 bridgehead atoms. The lowest BCUT2D eigenvalue weighted by Crippen LogP contribution is -2.30. The normalized spacial score (nSPS) is 19.5. The Morgan fingerprint density at radius 2 is 1.43 bits per heavy atom. The first kappa shape index (κ1) is 14.0. The molecular weight excluding hydrogens is 172 g/mol. The second-order valence-corrected chi connectivity index (χ2v) is 6.34. The zero-order valence-electron chi connectivity index (χ0n) is 11.0. The van der Waals surface area contributed by atoms with Crippen LogP contribution in [0.3, 0.4) is 0 Å². The SMILES string of the molecule is CC(C)C(O)C(C)C(C)CC(C)(C)C. The largest absolute Gasteiger partial charge is 0.393 e. The van der Waals surface area contributed by atoms with E-state index >= 15 is 0 Å². The molecule has 1 nitrogen and oxygen atoms in total. The molecule has 3 unspecified atom stereocenters. The van der Waals surface area contributed by atoms with Gasteiger partial charge in [0.2, 0.25) is 0 Å². The van der Waals surface area contributed by atoms with Crippen LogP contribution in [0.5, 0.6) is 0 Å². The molecule has 0 aliphatic rings. The number of hydrogen-bond donors (Lipinski definition) is 1. The van der Waals surface area contributed by atoms with Crippen LogP contribution < -0.4 is 0 Å². The van der Waals surface area contributed by atoms with E-state index in [0.29, 0.717) is 23.2 Å². The first-order valence-electron chi connectivity index (χ1n) is 5.83. The minimum absolute atomic E-state index is 0.160. The molecule has 1 heteroatoms. The summed E-state index contributed by atoms with van der Waals surface area (Å²) >= 11 is 0. The molecule has 0 amide bonds. The van der Waals surface area contributed by atoms with Crippen molar-refractivity contribution in [1.82, 2.24) is 0 Å². The van der Waals surface area contributed by atoms with Crippen molar-refractivity contribution in [3.63, 3.8) is 0 Å². The van der Waals surface area contributed by atoms with Crippen molar-refractivity contribution >= 4 is 0 Å². The van der Waals surface area contributed by atoms with E-state index in [-0.39, 0.29) is 6.10 Å². The van der Waals surface area contributed by atoms with Gasteiger partial charge in [-0.05, 0) is 29.6 Å². The first-order valence-corrected chi connectivity index (χ1v) is 5.83. The van der Waals surface area contributed by atoms with Crippen LogP contribution in [0.4, 0.5) is 0 Å². The van der Waals surface area contributed by atoms with E-state index in [9.17, 15) is 5.11 Å². The molecule has 0 aromatic rings. The monoisotopic (exact) mass is 200 g/mol. The van der Waals surface area contributed by atoms with Crippen molar-refractivity contribution in [3.05, 3.63) is 0 Å². The quantitative estimate of drug-likeness (QED) is 0.733. The van der Waals surface area contributed by atoms with Gasteiger partial charge in [0.05, 0.1) is 6.10 Å². The molecule has 14 heavy (non-hydrogen) atoms. The maximum Gasteiger partial charge on any atom is 0.0591 e. The first-order chi connectivity index (χ1) is 6.15. The predicted octanol–water partition coefficient (Wildman–Crippen LogP) is 3.71. The van der Waals surface area contributed by atoms with Crippen molar-refractivity contribution in [2.45, 2.75) is 61.0 Å². The summed E-state index contributed by atoms with van der Waals surface area (Å²) in [5, 5.41) is 9.96. The lowest BCUT2D eigenvalue weighted by atomic mass is 9.76. The van der Waals surface area contributed by atoms with Crippen LogP contribution in [0.15, 0.2) is 0 Å². The molecule has 0 spiro atoms. The summed E-state index contributed by atoms with van der Waals surface area (Å²) in [5.74, 6) is 1.36. The standard InChI is InChI=1S/C13H28O/c1-9(2)12(14)11(4)10(3)8-13(5,6)7/h9-12,14H,8H2,1-7H3. The fourth-order valence-corrected chi connectivity index (χ4v) is 2.10. The Morgan fingerprint density at radius 3 is 1.71 bits per heavy atom. The minimum atomic E-state index is -0.160. The summed E-state index contributed by atoms with van der Waals surface area (Å²) in [5.41, 5.74) is 0.365. The smallest absolute Gasteiger partial charge is 0.0591 e. The van der Waals surface area contributed by atoms with Crippen LogP contribution in [0, 0.1) is 23.2 Å². The maximum atomic E-state index is 9.96. The summed E-state index contributed by atoms with van der Waals surface area (Å²) in [6, 6.07) is 0. The third-order valence-corrected chi connectivity index (χ3v) is 3.05. The van der Waals surface area contributed by atoms with E-state index in [2.05, 4.69) is 48.5 Å². The van der Waals surface area contributed by atoms with E-state index in [4.69, 9.17) is 0 Å². The Bertz CT molecular complexity index is 155. The number of hydrogen-bond acceptors (Lipinski definition) is 1. The van der Waals surface area contributed by atoms with E-state index in [1.54, 1.807) is 0 Å². The number of aliphatic hydroxyl groups excluding tert-OH is 1. The molecule has 0 fully saturated rings. The van der Waals surface area contributed by atoms with Gasteiger partial charge in [-0.2, -0.15) is 0 Å². The van der Waals surface area contributed by atoms with Crippen LogP contribution in [0.25, 0.3) is 0 Å².